The van der Waals surface area contributed by atoms with E-state index in [2.05, 4.69) is 5.32 Å². The van der Waals surface area contributed by atoms with Crippen molar-refractivity contribution in [1.82, 2.24) is 14.5 Å². The quantitative estimate of drug-likeness (QED) is 0.791. The van der Waals surface area contributed by atoms with Gasteiger partial charge in [0.05, 0.1) is 4.90 Å². The summed E-state index contributed by atoms with van der Waals surface area (Å²) in [5, 5.41) is 3.25. The molecule has 0 saturated carbocycles. The molecule has 1 saturated heterocycles. The van der Waals surface area contributed by atoms with Crippen LogP contribution in [0.2, 0.25) is 0 Å². The maximum absolute atomic E-state index is 12.9. The van der Waals surface area contributed by atoms with E-state index in [-0.39, 0.29) is 23.2 Å². The Balaban J connectivity index is 0.00000338. The van der Waals surface area contributed by atoms with Crippen LogP contribution in [0.1, 0.15) is 42.6 Å². The van der Waals surface area contributed by atoms with Crippen LogP contribution < -0.4 is 5.32 Å². The Hall–Kier alpha value is -1.15. The Labute approximate surface area is 163 Å². The highest BCUT2D eigenvalue weighted by atomic mass is 35.5. The Morgan fingerprint density at radius 2 is 1.81 bits per heavy atom. The number of aryl methyl sites for hydroxylation is 1. The first kappa shape index (κ1) is 22.9. The van der Waals surface area contributed by atoms with E-state index in [0.29, 0.717) is 37.8 Å². The summed E-state index contributed by atoms with van der Waals surface area (Å²) in [4.78, 5) is 14.9. The van der Waals surface area contributed by atoms with Crippen LogP contribution in [0.3, 0.4) is 0 Å². The smallest absolute Gasteiger partial charge is 0.254 e. The number of rotatable bonds is 6. The molecule has 0 spiro atoms. The van der Waals surface area contributed by atoms with Crippen LogP contribution in [-0.2, 0) is 10.0 Å². The second-order valence-corrected chi connectivity index (χ2v) is 8.36. The first-order valence-corrected chi connectivity index (χ1v) is 10.4. The second kappa shape index (κ2) is 9.69. The third-order valence-corrected chi connectivity index (χ3v) is 7.02. The van der Waals surface area contributed by atoms with Crippen molar-refractivity contribution >= 4 is 28.3 Å². The van der Waals surface area contributed by atoms with Gasteiger partial charge in [-0.05, 0) is 44.5 Å². The van der Waals surface area contributed by atoms with Crippen LogP contribution in [0.5, 0.6) is 0 Å². The van der Waals surface area contributed by atoms with E-state index in [1.54, 1.807) is 12.1 Å². The fraction of sp³-hybridized carbons (Fsp3) is 0.611. The van der Waals surface area contributed by atoms with Crippen molar-refractivity contribution in [3.63, 3.8) is 0 Å². The number of hydrogen-bond donors (Lipinski definition) is 1. The van der Waals surface area contributed by atoms with Crippen molar-refractivity contribution in [2.75, 3.05) is 33.2 Å². The van der Waals surface area contributed by atoms with Crippen molar-refractivity contribution in [3.8, 4) is 0 Å². The molecule has 1 heterocycles. The van der Waals surface area contributed by atoms with Gasteiger partial charge < -0.3 is 10.2 Å². The topological polar surface area (TPSA) is 69.7 Å². The Morgan fingerprint density at radius 3 is 2.31 bits per heavy atom. The number of nitrogens with one attached hydrogen (secondary N) is 1. The lowest BCUT2D eigenvalue weighted by Crippen LogP contribution is -2.44. The number of likely N-dealkylation sites (tertiary alicyclic amines) is 1. The standard InChI is InChI=1S/C18H29N3O3S.ClH/c1-5-21(6-2)25(23,24)16-8-7-14(3)17(13-16)18(22)20-11-9-15(19-4)10-12-20;/h7-8,13,15,19H,5-6,9-12H2,1-4H3;1H. The van der Waals surface area contributed by atoms with Gasteiger partial charge in [-0.1, -0.05) is 19.9 Å². The molecule has 2 rings (SSSR count). The molecule has 0 aliphatic carbocycles. The summed E-state index contributed by atoms with van der Waals surface area (Å²) >= 11 is 0. The SMILES string of the molecule is CCN(CC)S(=O)(=O)c1ccc(C)c(C(=O)N2CCC(NC)CC2)c1.Cl. The van der Waals surface area contributed by atoms with Crippen LogP contribution in [0.15, 0.2) is 23.1 Å². The minimum atomic E-state index is -3.56. The van der Waals surface area contributed by atoms with Gasteiger partial charge in [0.15, 0.2) is 0 Å². The van der Waals surface area contributed by atoms with Gasteiger partial charge in [0.2, 0.25) is 10.0 Å². The molecule has 0 atom stereocenters. The van der Waals surface area contributed by atoms with Crippen molar-refractivity contribution in [1.29, 1.82) is 0 Å². The molecule has 1 aliphatic heterocycles. The third kappa shape index (κ3) is 4.76. The zero-order valence-electron chi connectivity index (χ0n) is 16.0. The van der Waals surface area contributed by atoms with Gasteiger partial charge >= 0.3 is 0 Å². The lowest BCUT2D eigenvalue weighted by Gasteiger charge is -2.32. The fourth-order valence-electron chi connectivity index (χ4n) is 3.25. The van der Waals surface area contributed by atoms with E-state index >= 15 is 0 Å². The molecule has 26 heavy (non-hydrogen) atoms. The largest absolute Gasteiger partial charge is 0.339 e. The zero-order valence-corrected chi connectivity index (χ0v) is 17.6. The Morgan fingerprint density at radius 1 is 1.23 bits per heavy atom. The van der Waals surface area contributed by atoms with E-state index < -0.39 is 10.0 Å². The first-order chi connectivity index (χ1) is 11.8. The number of amides is 1. The van der Waals surface area contributed by atoms with E-state index in [9.17, 15) is 13.2 Å². The highest BCUT2D eigenvalue weighted by Crippen LogP contribution is 2.22. The maximum atomic E-state index is 12.9. The lowest BCUT2D eigenvalue weighted by atomic mass is 10.0. The van der Waals surface area contributed by atoms with E-state index in [1.165, 1.54) is 10.4 Å². The van der Waals surface area contributed by atoms with Crippen molar-refractivity contribution in [2.45, 2.75) is 44.6 Å². The average Bonchev–Trinajstić information content (AvgIpc) is 2.62. The molecule has 1 N–H and O–H groups in total. The fourth-order valence-corrected chi connectivity index (χ4v) is 4.73. The first-order valence-electron chi connectivity index (χ1n) is 8.92. The van der Waals surface area contributed by atoms with Crippen molar-refractivity contribution < 1.29 is 13.2 Å². The van der Waals surface area contributed by atoms with Gasteiger partial charge in [-0.15, -0.1) is 12.4 Å². The van der Waals surface area contributed by atoms with Crippen LogP contribution in [0.4, 0.5) is 0 Å². The lowest BCUT2D eigenvalue weighted by molar-refractivity contribution is 0.0706. The van der Waals surface area contributed by atoms with Crippen molar-refractivity contribution in [2.24, 2.45) is 0 Å². The molecule has 1 aliphatic rings. The van der Waals surface area contributed by atoms with Crippen LogP contribution in [0, 0.1) is 6.92 Å². The summed E-state index contributed by atoms with van der Waals surface area (Å²) in [5.74, 6) is -0.0800. The van der Waals surface area contributed by atoms with Gasteiger partial charge in [-0.2, -0.15) is 4.31 Å². The molecular weight excluding hydrogens is 374 g/mol. The number of carbonyl (C=O) groups excluding carboxylic acids is 1. The van der Waals surface area contributed by atoms with Gasteiger partial charge in [0, 0.05) is 37.8 Å². The number of benzene rings is 1. The Kier molecular flexibility index (Phi) is 8.53. The van der Waals surface area contributed by atoms with Gasteiger partial charge in [0.1, 0.15) is 0 Å². The predicted molar refractivity (Wildman–Crippen MR) is 107 cm³/mol. The molecule has 1 fully saturated rings. The van der Waals surface area contributed by atoms with Gasteiger partial charge in [0.25, 0.3) is 5.91 Å². The third-order valence-electron chi connectivity index (χ3n) is 4.97. The zero-order chi connectivity index (χ0) is 18.6. The molecule has 8 heteroatoms. The summed E-state index contributed by atoms with van der Waals surface area (Å²) in [6.45, 7) is 7.68. The number of halogens is 1. The normalized spacial score (nSPS) is 15.8. The predicted octanol–water partition coefficient (Wildman–Crippen LogP) is 2.27. The van der Waals surface area contributed by atoms with Crippen LogP contribution in [0.25, 0.3) is 0 Å². The number of nitrogens with zero attached hydrogens (tertiary/aromatic N) is 2. The molecular formula is C18H30ClN3O3S. The van der Waals surface area contributed by atoms with Crippen molar-refractivity contribution in [3.05, 3.63) is 29.3 Å². The number of carbonyl (C=O) groups is 1. The van der Waals surface area contributed by atoms with E-state index in [1.807, 2.05) is 32.7 Å². The molecule has 1 aromatic rings. The molecule has 148 valence electrons. The van der Waals surface area contributed by atoms with Crippen LogP contribution in [-0.4, -0.2) is 62.8 Å². The molecule has 0 unspecified atom stereocenters. The molecule has 1 aromatic carbocycles. The highest BCUT2D eigenvalue weighted by molar-refractivity contribution is 7.89. The minimum absolute atomic E-state index is 0. The second-order valence-electron chi connectivity index (χ2n) is 6.42. The highest BCUT2D eigenvalue weighted by Gasteiger charge is 2.27. The molecule has 0 radical (unpaired) electrons. The summed E-state index contributed by atoms with van der Waals surface area (Å²) in [5.41, 5.74) is 1.29. The van der Waals surface area contributed by atoms with E-state index in [0.717, 1.165) is 18.4 Å². The van der Waals surface area contributed by atoms with Gasteiger partial charge in [-0.3, -0.25) is 4.79 Å². The molecule has 0 bridgehead atoms. The number of piperidine rings is 1. The minimum Gasteiger partial charge on any atom is -0.339 e. The summed E-state index contributed by atoms with van der Waals surface area (Å²) < 4.78 is 26.9. The van der Waals surface area contributed by atoms with Crippen LogP contribution >= 0.6 is 12.4 Å². The number of sulfonamides is 1. The number of hydrogen-bond acceptors (Lipinski definition) is 4. The maximum Gasteiger partial charge on any atom is 0.254 e. The molecule has 6 nitrogen and oxygen atoms in total. The van der Waals surface area contributed by atoms with Gasteiger partial charge in [-0.25, -0.2) is 8.42 Å². The summed E-state index contributed by atoms with van der Waals surface area (Å²) in [7, 11) is -1.63. The monoisotopic (exact) mass is 403 g/mol. The molecule has 0 aromatic heterocycles. The Bertz CT molecular complexity index is 712. The summed E-state index contributed by atoms with van der Waals surface area (Å²) in [6.07, 6.45) is 1.83. The molecule has 1 amide bonds. The van der Waals surface area contributed by atoms with E-state index in [4.69, 9.17) is 0 Å². The summed E-state index contributed by atoms with van der Waals surface area (Å²) in [6, 6.07) is 5.30. The average molecular weight is 404 g/mol.